The lowest BCUT2D eigenvalue weighted by Crippen LogP contribution is -2.39. The maximum atomic E-state index is 11.8. The Morgan fingerprint density at radius 1 is 1.21 bits per heavy atom. The maximum absolute atomic E-state index is 11.8. The van der Waals surface area contributed by atoms with Gasteiger partial charge in [0.15, 0.2) is 0 Å². The van der Waals surface area contributed by atoms with Crippen molar-refractivity contribution in [1.82, 2.24) is 0 Å². The van der Waals surface area contributed by atoms with E-state index in [0.717, 1.165) is 5.56 Å². The Hall–Kier alpha value is -1.68. The van der Waals surface area contributed by atoms with Crippen LogP contribution in [0.4, 0.5) is 0 Å². The van der Waals surface area contributed by atoms with Gasteiger partial charge in [-0.15, -0.1) is 0 Å². The summed E-state index contributed by atoms with van der Waals surface area (Å²) >= 11 is 0. The van der Waals surface area contributed by atoms with E-state index in [9.17, 15) is 9.59 Å². The molecule has 0 fully saturated rings. The maximum Gasteiger partial charge on any atom is 0.323 e. The molecule has 1 unspecified atom stereocenters. The number of ketones is 1. The van der Waals surface area contributed by atoms with Gasteiger partial charge in [0.2, 0.25) is 0 Å². The first-order chi connectivity index (χ1) is 8.78. The molecular weight excluding hydrogens is 242 g/mol. The number of esters is 1. The molecule has 0 spiro atoms. The molecular formula is C15H21NO3. The number of ether oxygens (including phenoxy) is 1. The van der Waals surface area contributed by atoms with Gasteiger partial charge in [-0.05, 0) is 26.3 Å². The number of benzene rings is 1. The molecule has 0 aliphatic carbocycles. The van der Waals surface area contributed by atoms with E-state index in [1.165, 1.54) is 0 Å². The second-order valence-corrected chi connectivity index (χ2v) is 5.55. The Kier molecular flexibility index (Phi) is 5.24. The second kappa shape index (κ2) is 6.48. The highest BCUT2D eigenvalue weighted by atomic mass is 16.6. The average Bonchev–Trinajstić information content (AvgIpc) is 2.27. The van der Waals surface area contributed by atoms with Crippen molar-refractivity contribution < 1.29 is 14.3 Å². The first kappa shape index (κ1) is 15.4. The van der Waals surface area contributed by atoms with Crippen LogP contribution in [0.1, 0.15) is 32.8 Å². The summed E-state index contributed by atoms with van der Waals surface area (Å²) in [5, 5.41) is 0. The third-order valence-corrected chi connectivity index (χ3v) is 2.40. The van der Waals surface area contributed by atoms with Gasteiger partial charge < -0.3 is 10.5 Å². The van der Waals surface area contributed by atoms with Crippen LogP contribution in [0.5, 0.6) is 0 Å². The van der Waals surface area contributed by atoms with Crippen LogP contribution in [0.3, 0.4) is 0 Å². The molecule has 0 bridgehead atoms. The van der Waals surface area contributed by atoms with Crippen LogP contribution >= 0.6 is 0 Å². The minimum atomic E-state index is -0.893. The molecule has 0 aliphatic rings. The molecule has 0 saturated heterocycles. The molecule has 0 heterocycles. The highest BCUT2D eigenvalue weighted by Crippen LogP contribution is 2.10. The number of carbonyl (C=O) groups excluding carboxylic acids is 2. The summed E-state index contributed by atoms with van der Waals surface area (Å²) in [5.74, 6) is -0.599. The quantitative estimate of drug-likeness (QED) is 0.823. The highest BCUT2D eigenvalue weighted by molar-refractivity contribution is 5.87. The van der Waals surface area contributed by atoms with Crippen molar-refractivity contribution >= 4 is 11.8 Å². The number of hydrogen-bond donors (Lipinski definition) is 1. The topological polar surface area (TPSA) is 69.4 Å². The number of rotatable bonds is 5. The summed E-state index contributed by atoms with van der Waals surface area (Å²) in [6, 6.07) is 8.48. The minimum Gasteiger partial charge on any atom is -0.459 e. The summed E-state index contributed by atoms with van der Waals surface area (Å²) in [7, 11) is 0. The first-order valence-corrected chi connectivity index (χ1v) is 6.32. The fourth-order valence-corrected chi connectivity index (χ4v) is 1.60. The standard InChI is InChI=1S/C15H21NO3/c1-15(2,3)19-14(18)13(16)10-12(17)9-11-7-5-4-6-8-11/h4-8,13H,9-10,16H2,1-3H3. The van der Waals surface area contributed by atoms with Crippen molar-refractivity contribution in [2.75, 3.05) is 0 Å². The largest absolute Gasteiger partial charge is 0.459 e. The average molecular weight is 263 g/mol. The molecule has 19 heavy (non-hydrogen) atoms. The molecule has 1 rings (SSSR count). The Balaban J connectivity index is 2.46. The third kappa shape index (κ3) is 6.15. The normalized spacial score (nSPS) is 12.8. The zero-order valence-corrected chi connectivity index (χ0v) is 11.7. The lowest BCUT2D eigenvalue weighted by Gasteiger charge is -2.21. The molecule has 4 nitrogen and oxygen atoms in total. The van der Waals surface area contributed by atoms with Gasteiger partial charge in [-0.1, -0.05) is 30.3 Å². The van der Waals surface area contributed by atoms with Gasteiger partial charge in [0.25, 0.3) is 0 Å². The van der Waals surface area contributed by atoms with E-state index in [4.69, 9.17) is 10.5 Å². The van der Waals surface area contributed by atoms with Gasteiger partial charge in [-0.3, -0.25) is 9.59 Å². The van der Waals surface area contributed by atoms with Crippen LogP contribution in [0.25, 0.3) is 0 Å². The molecule has 2 N–H and O–H groups in total. The predicted octanol–water partition coefficient (Wildman–Crippen LogP) is 1.86. The van der Waals surface area contributed by atoms with E-state index in [0.29, 0.717) is 0 Å². The Labute approximate surface area is 113 Å². The Morgan fingerprint density at radius 2 is 1.79 bits per heavy atom. The van der Waals surface area contributed by atoms with E-state index < -0.39 is 17.6 Å². The van der Waals surface area contributed by atoms with E-state index in [1.54, 1.807) is 20.8 Å². The van der Waals surface area contributed by atoms with Crippen molar-refractivity contribution in [2.45, 2.75) is 45.3 Å². The van der Waals surface area contributed by atoms with E-state index in [1.807, 2.05) is 30.3 Å². The molecule has 0 aliphatic heterocycles. The van der Waals surface area contributed by atoms with Gasteiger partial charge in [0.1, 0.15) is 17.4 Å². The molecule has 0 amide bonds. The number of hydrogen-bond acceptors (Lipinski definition) is 4. The summed E-state index contributed by atoms with van der Waals surface area (Å²) in [5.41, 5.74) is 6.02. The van der Waals surface area contributed by atoms with Crippen molar-refractivity contribution in [3.8, 4) is 0 Å². The SMILES string of the molecule is CC(C)(C)OC(=O)C(N)CC(=O)Cc1ccccc1. The molecule has 0 radical (unpaired) electrons. The van der Waals surface area contributed by atoms with Crippen LogP contribution in [-0.2, 0) is 20.7 Å². The van der Waals surface area contributed by atoms with Crippen LogP contribution in [0.2, 0.25) is 0 Å². The zero-order valence-electron chi connectivity index (χ0n) is 11.7. The van der Waals surface area contributed by atoms with Crippen molar-refractivity contribution in [2.24, 2.45) is 5.73 Å². The number of nitrogens with two attached hydrogens (primary N) is 1. The van der Waals surface area contributed by atoms with E-state index in [2.05, 4.69) is 0 Å². The summed E-state index contributed by atoms with van der Waals surface area (Å²) in [6.07, 6.45) is 0.293. The van der Waals surface area contributed by atoms with Gasteiger partial charge in [0, 0.05) is 12.8 Å². The van der Waals surface area contributed by atoms with Gasteiger partial charge in [-0.2, -0.15) is 0 Å². The van der Waals surface area contributed by atoms with Crippen LogP contribution in [0.15, 0.2) is 30.3 Å². The summed E-state index contributed by atoms with van der Waals surface area (Å²) in [6.45, 7) is 5.30. The van der Waals surface area contributed by atoms with Crippen LogP contribution in [-0.4, -0.2) is 23.4 Å². The third-order valence-electron chi connectivity index (χ3n) is 2.40. The summed E-state index contributed by atoms with van der Waals surface area (Å²) < 4.78 is 5.13. The van der Waals surface area contributed by atoms with Crippen LogP contribution in [0, 0.1) is 0 Å². The first-order valence-electron chi connectivity index (χ1n) is 6.32. The number of Topliss-reactive ketones (excluding diaryl/α,β-unsaturated/α-hetero) is 1. The molecule has 4 heteroatoms. The zero-order chi connectivity index (χ0) is 14.5. The number of carbonyl (C=O) groups is 2. The molecule has 1 atom stereocenters. The van der Waals surface area contributed by atoms with Crippen LogP contribution < -0.4 is 5.73 Å². The van der Waals surface area contributed by atoms with Crippen molar-refractivity contribution in [1.29, 1.82) is 0 Å². The molecule has 1 aromatic rings. The molecule has 0 saturated carbocycles. The second-order valence-electron chi connectivity index (χ2n) is 5.55. The van der Waals surface area contributed by atoms with Gasteiger partial charge >= 0.3 is 5.97 Å². The molecule has 0 aromatic heterocycles. The fraction of sp³-hybridized carbons (Fsp3) is 0.467. The van der Waals surface area contributed by atoms with Gasteiger partial charge in [0.05, 0.1) is 0 Å². The van der Waals surface area contributed by atoms with Crippen molar-refractivity contribution in [3.63, 3.8) is 0 Å². The summed E-state index contributed by atoms with van der Waals surface area (Å²) in [4.78, 5) is 23.5. The minimum absolute atomic E-state index is 0.00378. The van der Waals surface area contributed by atoms with E-state index >= 15 is 0 Å². The smallest absolute Gasteiger partial charge is 0.323 e. The fourth-order valence-electron chi connectivity index (χ4n) is 1.60. The Bertz CT molecular complexity index is 434. The Morgan fingerprint density at radius 3 is 2.32 bits per heavy atom. The lowest BCUT2D eigenvalue weighted by atomic mass is 10.0. The molecule has 1 aromatic carbocycles. The lowest BCUT2D eigenvalue weighted by molar-refractivity contribution is -0.157. The van der Waals surface area contributed by atoms with Crippen molar-refractivity contribution in [3.05, 3.63) is 35.9 Å². The predicted molar refractivity (Wildman–Crippen MR) is 73.6 cm³/mol. The molecule has 104 valence electrons. The highest BCUT2D eigenvalue weighted by Gasteiger charge is 2.24. The van der Waals surface area contributed by atoms with E-state index in [-0.39, 0.29) is 18.6 Å². The van der Waals surface area contributed by atoms with Gasteiger partial charge in [-0.25, -0.2) is 0 Å². The monoisotopic (exact) mass is 263 g/mol.